The van der Waals surface area contributed by atoms with Crippen molar-refractivity contribution in [3.05, 3.63) is 133 Å². The molecule has 0 saturated carbocycles. The van der Waals surface area contributed by atoms with Gasteiger partial charge < -0.3 is 9.47 Å². The number of aromatic nitrogens is 1. The van der Waals surface area contributed by atoms with Crippen LogP contribution in [0.5, 0.6) is 0 Å². The minimum Gasteiger partial charge on any atom is -0.340 e. The number of allylic oxidation sites excluding steroid dienone is 2. The lowest BCUT2D eigenvalue weighted by Crippen LogP contribution is -2.30. The van der Waals surface area contributed by atoms with Crippen LogP contribution in [-0.4, -0.2) is 10.6 Å². The van der Waals surface area contributed by atoms with Gasteiger partial charge in [0.2, 0.25) is 0 Å². The molecule has 1 aromatic heterocycles. The molecule has 31 heavy (non-hydrogen) atoms. The largest absolute Gasteiger partial charge is 0.340 e. The molecule has 2 heterocycles. The van der Waals surface area contributed by atoms with Gasteiger partial charge in [-0.2, -0.15) is 0 Å². The molecule has 2 unspecified atom stereocenters. The van der Waals surface area contributed by atoms with Crippen molar-refractivity contribution in [3.63, 3.8) is 0 Å². The van der Waals surface area contributed by atoms with E-state index in [1.165, 1.54) is 33.4 Å². The zero-order valence-electron chi connectivity index (χ0n) is 17.3. The molecular weight excluding hydrogens is 376 g/mol. The first-order valence-corrected chi connectivity index (χ1v) is 10.9. The Bertz CT molecular complexity index is 1300. The summed E-state index contributed by atoms with van der Waals surface area (Å²) in [5.41, 5.74) is 6.36. The van der Waals surface area contributed by atoms with Gasteiger partial charge in [0.1, 0.15) is 0 Å². The molecule has 6 rings (SSSR count). The summed E-state index contributed by atoms with van der Waals surface area (Å²) in [5.74, 6) is 0.487. The van der Waals surface area contributed by atoms with Gasteiger partial charge in [-0.15, -0.1) is 0 Å². The van der Waals surface area contributed by atoms with E-state index in [1.54, 1.807) is 0 Å². The number of rotatable bonds is 4. The summed E-state index contributed by atoms with van der Waals surface area (Å²) in [6, 6.07) is 29.0. The Kier molecular flexibility index (Phi) is 4.35. The highest BCUT2D eigenvalue weighted by atomic mass is 15.2. The first kappa shape index (κ1) is 18.0. The lowest BCUT2D eigenvalue weighted by Gasteiger charge is -2.27. The van der Waals surface area contributed by atoms with Crippen molar-refractivity contribution in [2.75, 3.05) is 4.90 Å². The lowest BCUT2D eigenvalue weighted by molar-refractivity contribution is 0.702. The first-order valence-electron chi connectivity index (χ1n) is 10.9. The van der Waals surface area contributed by atoms with Crippen LogP contribution in [-0.2, 0) is 6.42 Å². The van der Waals surface area contributed by atoms with Gasteiger partial charge in [0.25, 0.3) is 0 Å². The molecule has 0 spiro atoms. The number of hydrogen-bond donors (Lipinski definition) is 0. The van der Waals surface area contributed by atoms with Gasteiger partial charge >= 0.3 is 0 Å². The number of benzene rings is 3. The molecule has 2 atom stereocenters. The van der Waals surface area contributed by atoms with Gasteiger partial charge in [0, 0.05) is 29.7 Å². The van der Waals surface area contributed by atoms with Crippen LogP contribution in [0, 0.1) is 5.92 Å². The highest BCUT2D eigenvalue weighted by molar-refractivity contribution is 5.81. The van der Waals surface area contributed by atoms with Gasteiger partial charge in [-0.25, -0.2) is 0 Å². The van der Waals surface area contributed by atoms with E-state index >= 15 is 0 Å². The topological polar surface area (TPSA) is 8.17 Å². The Morgan fingerprint density at radius 2 is 1.35 bits per heavy atom. The Labute approximate surface area is 183 Å². The molecule has 1 aliphatic carbocycles. The zero-order chi connectivity index (χ0) is 20.6. The summed E-state index contributed by atoms with van der Waals surface area (Å²) in [5, 5.41) is 1.27. The molecule has 0 saturated heterocycles. The van der Waals surface area contributed by atoms with E-state index in [1.807, 2.05) is 0 Å². The molecule has 3 aromatic carbocycles. The quantitative estimate of drug-likeness (QED) is 0.372. The maximum absolute atomic E-state index is 2.37. The average Bonchev–Trinajstić information content (AvgIpc) is 3.45. The number of fused-ring (bicyclic) bond motifs is 2. The molecule has 0 bridgehead atoms. The van der Waals surface area contributed by atoms with E-state index in [4.69, 9.17) is 0 Å². The fraction of sp³-hybridized carbons (Fsp3) is 0.103. The monoisotopic (exact) mass is 400 g/mol. The lowest BCUT2D eigenvalue weighted by atomic mass is 9.97. The van der Waals surface area contributed by atoms with Crippen LogP contribution < -0.4 is 4.90 Å². The summed E-state index contributed by atoms with van der Waals surface area (Å²) >= 11 is 0. The normalized spacial score (nSPS) is 19.3. The van der Waals surface area contributed by atoms with Crippen molar-refractivity contribution in [2.24, 2.45) is 5.92 Å². The molecule has 0 radical (unpaired) electrons. The number of anilines is 1. The second-order valence-corrected chi connectivity index (χ2v) is 8.34. The maximum Gasteiger partial charge on any atom is 0.0617 e. The highest BCUT2D eigenvalue weighted by Gasteiger charge is 2.27. The third-order valence-electron chi connectivity index (χ3n) is 6.39. The minimum absolute atomic E-state index is 0.410. The predicted molar refractivity (Wildman–Crippen MR) is 130 cm³/mol. The van der Waals surface area contributed by atoms with Crippen LogP contribution in [0.1, 0.15) is 11.1 Å². The Morgan fingerprint density at radius 3 is 2.16 bits per heavy atom. The third kappa shape index (κ3) is 3.30. The maximum atomic E-state index is 2.37. The van der Waals surface area contributed by atoms with E-state index < -0.39 is 0 Å². The smallest absolute Gasteiger partial charge is 0.0617 e. The summed E-state index contributed by atoms with van der Waals surface area (Å²) in [7, 11) is 0. The molecule has 0 amide bonds. The molecule has 0 N–H and O–H groups in total. The predicted octanol–water partition coefficient (Wildman–Crippen LogP) is 6.67. The van der Waals surface area contributed by atoms with Gasteiger partial charge in [0.05, 0.1) is 11.6 Å². The molecule has 150 valence electrons. The van der Waals surface area contributed by atoms with E-state index in [0.29, 0.717) is 12.0 Å². The number of hydrogen-bond acceptors (Lipinski definition) is 1. The fourth-order valence-corrected chi connectivity index (χ4v) is 4.72. The van der Waals surface area contributed by atoms with E-state index in [2.05, 4.69) is 131 Å². The van der Waals surface area contributed by atoms with Gasteiger partial charge in [-0.05, 0) is 59.3 Å². The third-order valence-corrected chi connectivity index (χ3v) is 6.39. The van der Waals surface area contributed by atoms with Crippen molar-refractivity contribution >= 4 is 16.6 Å². The zero-order valence-corrected chi connectivity index (χ0v) is 17.3. The summed E-state index contributed by atoms with van der Waals surface area (Å²) in [6.07, 6.45) is 16.4. The SMILES string of the molecule is C1=CC2C=CN(c3ccc(Cc4ccc(-n5ccc6ccccc65)cc4)cc3)C2C=C1. The molecule has 2 heteroatoms. The van der Waals surface area contributed by atoms with Crippen molar-refractivity contribution in [1.29, 1.82) is 0 Å². The molecule has 2 nitrogen and oxygen atoms in total. The van der Waals surface area contributed by atoms with E-state index in [0.717, 1.165) is 6.42 Å². The van der Waals surface area contributed by atoms with Crippen LogP contribution in [0.2, 0.25) is 0 Å². The van der Waals surface area contributed by atoms with Gasteiger partial charge in [-0.3, -0.25) is 0 Å². The second kappa shape index (κ2) is 7.48. The van der Waals surface area contributed by atoms with Crippen molar-refractivity contribution in [2.45, 2.75) is 12.5 Å². The number of nitrogens with zero attached hydrogens (tertiary/aromatic N) is 2. The Balaban J connectivity index is 1.18. The summed E-state index contributed by atoms with van der Waals surface area (Å²) in [6.45, 7) is 0. The summed E-state index contributed by atoms with van der Waals surface area (Å²) in [4.78, 5) is 2.37. The van der Waals surface area contributed by atoms with Gasteiger partial charge in [0.15, 0.2) is 0 Å². The highest BCUT2D eigenvalue weighted by Crippen LogP contribution is 2.31. The van der Waals surface area contributed by atoms with E-state index in [-0.39, 0.29) is 0 Å². The molecule has 1 aliphatic heterocycles. The van der Waals surface area contributed by atoms with Crippen LogP contribution in [0.4, 0.5) is 5.69 Å². The Hall–Kier alpha value is -3.78. The van der Waals surface area contributed by atoms with E-state index in [9.17, 15) is 0 Å². The average molecular weight is 401 g/mol. The standard InChI is InChI=1S/C29H24N2/c1-3-7-28-24(5-1)17-19-30(28)26-13-9-22(10-14-26)21-23-11-15-27(16-12-23)31-20-18-25-6-2-4-8-29(25)31/h1-20,24,28H,21H2. The summed E-state index contributed by atoms with van der Waals surface area (Å²) < 4.78 is 2.25. The van der Waals surface area contributed by atoms with Crippen LogP contribution in [0.15, 0.2) is 122 Å². The second-order valence-electron chi connectivity index (χ2n) is 8.34. The van der Waals surface area contributed by atoms with Crippen LogP contribution >= 0.6 is 0 Å². The molecule has 4 aromatic rings. The van der Waals surface area contributed by atoms with Gasteiger partial charge in [-0.1, -0.05) is 72.8 Å². The first-order chi connectivity index (χ1) is 15.3. The van der Waals surface area contributed by atoms with Crippen LogP contribution in [0.25, 0.3) is 16.6 Å². The molecular formula is C29H24N2. The molecule has 2 aliphatic rings. The van der Waals surface area contributed by atoms with Crippen molar-refractivity contribution < 1.29 is 0 Å². The Morgan fingerprint density at radius 1 is 0.645 bits per heavy atom. The van der Waals surface area contributed by atoms with Crippen molar-refractivity contribution in [1.82, 2.24) is 4.57 Å². The minimum atomic E-state index is 0.410. The molecule has 0 fully saturated rings. The number of para-hydroxylation sites is 1. The van der Waals surface area contributed by atoms with Crippen molar-refractivity contribution in [3.8, 4) is 5.69 Å². The van der Waals surface area contributed by atoms with Crippen LogP contribution in [0.3, 0.4) is 0 Å². The fourth-order valence-electron chi connectivity index (χ4n) is 4.72.